The second-order valence-electron chi connectivity index (χ2n) is 4.57. The largest absolute Gasteiger partial charge is 0.508 e. The van der Waals surface area contributed by atoms with Gasteiger partial charge >= 0.3 is 0 Å². The van der Waals surface area contributed by atoms with Crippen LogP contribution in [0.5, 0.6) is 23.0 Å². The van der Waals surface area contributed by atoms with Gasteiger partial charge in [-0.25, -0.2) is 0 Å². The highest BCUT2D eigenvalue weighted by Crippen LogP contribution is 2.41. The van der Waals surface area contributed by atoms with E-state index < -0.39 is 23.6 Å². The predicted molar refractivity (Wildman–Crippen MR) is 70.2 cm³/mol. The van der Waals surface area contributed by atoms with E-state index in [1.807, 2.05) is 0 Å². The van der Waals surface area contributed by atoms with Crippen LogP contribution in [0.2, 0.25) is 0 Å². The van der Waals surface area contributed by atoms with Crippen LogP contribution in [0.15, 0.2) is 36.4 Å². The molecule has 0 spiro atoms. The fraction of sp³-hybridized carbons (Fsp3) is 0.133. The SMILES string of the molecule is [2H]c1c(O)cc2c(c1O)C(=O)C[C@@H](c1ccc(O)cc1)O2. The highest BCUT2D eigenvalue weighted by atomic mass is 16.5. The number of aromatic hydroxyl groups is 3. The number of phenolic OH excluding ortho intramolecular Hbond substituents is 3. The second-order valence-corrected chi connectivity index (χ2v) is 4.57. The first kappa shape index (κ1) is 11.2. The predicted octanol–water partition coefficient (Wildman–Crippen LogP) is 2.51. The molecule has 20 heavy (non-hydrogen) atoms. The molecule has 0 saturated carbocycles. The van der Waals surface area contributed by atoms with Crippen molar-refractivity contribution >= 4 is 5.78 Å². The summed E-state index contributed by atoms with van der Waals surface area (Å²) >= 11 is 0. The Labute approximate surface area is 116 Å². The Morgan fingerprint density at radius 1 is 1.15 bits per heavy atom. The van der Waals surface area contributed by atoms with Crippen molar-refractivity contribution in [3.05, 3.63) is 47.5 Å². The van der Waals surface area contributed by atoms with Crippen LogP contribution in [-0.4, -0.2) is 21.1 Å². The molecule has 0 bridgehead atoms. The third-order valence-corrected chi connectivity index (χ3v) is 3.18. The number of hydrogen-bond acceptors (Lipinski definition) is 5. The number of Topliss-reactive ketones (excluding diaryl/α,β-unsaturated/α-hetero) is 1. The van der Waals surface area contributed by atoms with E-state index in [-0.39, 0.29) is 29.3 Å². The number of carbonyl (C=O) groups is 1. The van der Waals surface area contributed by atoms with Crippen LogP contribution in [0.3, 0.4) is 0 Å². The number of fused-ring (bicyclic) bond motifs is 1. The van der Waals surface area contributed by atoms with Gasteiger partial charge in [0.25, 0.3) is 0 Å². The zero-order valence-electron chi connectivity index (χ0n) is 11.3. The number of rotatable bonds is 1. The second kappa shape index (κ2) is 4.45. The first-order chi connectivity index (χ1) is 9.97. The highest BCUT2D eigenvalue weighted by Gasteiger charge is 2.30. The highest BCUT2D eigenvalue weighted by molar-refractivity contribution is 6.02. The van der Waals surface area contributed by atoms with Crippen LogP contribution in [-0.2, 0) is 0 Å². The van der Waals surface area contributed by atoms with Crippen molar-refractivity contribution in [3.63, 3.8) is 0 Å². The zero-order chi connectivity index (χ0) is 15.1. The Balaban J connectivity index is 2.03. The minimum absolute atomic E-state index is 0.00947. The molecule has 5 heteroatoms. The summed E-state index contributed by atoms with van der Waals surface area (Å²) in [7, 11) is 0. The summed E-state index contributed by atoms with van der Waals surface area (Å²) in [6, 6.07) is 6.91. The van der Waals surface area contributed by atoms with E-state index in [2.05, 4.69) is 0 Å². The van der Waals surface area contributed by atoms with Gasteiger partial charge in [0.2, 0.25) is 0 Å². The summed E-state index contributed by atoms with van der Waals surface area (Å²) in [6.07, 6.45) is -0.559. The molecule has 3 rings (SSSR count). The first-order valence-corrected chi connectivity index (χ1v) is 6.01. The normalized spacial score (nSPS) is 18.1. The molecule has 1 atom stereocenters. The molecule has 0 radical (unpaired) electrons. The van der Waals surface area contributed by atoms with Crippen LogP contribution < -0.4 is 4.74 Å². The van der Waals surface area contributed by atoms with Crippen LogP contribution in [0.1, 0.15) is 29.8 Å². The standard InChI is InChI=1S/C15H12O5/c16-9-3-1-8(2-4-9)13-7-12(19)15-11(18)5-10(17)6-14(15)20-13/h1-6,13,16-18H,7H2/t13-/m0/s1/i5D. The van der Waals surface area contributed by atoms with E-state index in [9.17, 15) is 20.1 Å². The molecule has 2 aromatic rings. The molecule has 0 unspecified atom stereocenters. The molecular formula is C15H12O5. The number of benzene rings is 2. The molecule has 2 aromatic carbocycles. The van der Waals surface area contributed by atoms with Gasteiger partial charge in [-0.3, -0.25) is 4.79 Å². The summed E-state index contributed by atoms with van der Waals surface area (Å²) < 4.78 is 13.1. The lowest BCUT2D eigenvalue weighted by Gasteiger charge is -2.26. The quantitative estimate of drug-likeness (QED) is 0.743. The van der Waals surface area contributed by atoms with Gasteiger partial charge in [-0.2, -0.15) is 0 Å². The third-order valence-electron chi connectivity index (χ3n) is 3.18. The summed E-state index contributed by atoms with van der Waals surface area (Å²) in [5.41, 5.74) is 0.619. The van der Waals surface area contributed by atoms with E-state index in [0.29, 0.717) is 5.56 Å². The fourth-order valence-electron chi connectivity index (χ4n) is 2.24. The molecule has 0 amide bonds. The number of ketones is 1. The number of hydrogen-bond donors (Lipinski definition) is 3. The van der Waals surface area contributed by atoms with E-state index in [0.717, 1.165) is 6.07 Å². The number of ether oxygens (including phenoxy) is 1. The van der Waals surface area contributed by atoms with E-state index >= 15 is 0 Å². The molecule has 1 heterocycles. The lowest BCUT2D eigenvalue weighted by molar-refractivity contribution is 0.0845. The summed E-state index contributed by atoms with van der Waals surface area (Å²) in [6.45, 7) is 0. The number of carbonyl (C=O) groups excluding carboxylic acids is 1. The molecule has 0 aliphatic carbocycles. The van der Waals surface area contributed by atoms with Gasteiger partial charge in [0.15, 0.2) is 5.78 Å². The van der Waals surface area contributed by atoms with Gasteiger partial charge in [-0.15, -0.1) is 0 Å². The third kappa shape index (κ3) is 2.03. The van der Waals surface area contributed by atoms with Crippen LogP contribution in [0.25, 0.3) is 0 Å². The van der Waals surface area contributed by atoms with Crippen molar-refractivity contribution in [2.24, 2.45) is 0 Å². The molecule has 3 N–H and O–H groups in total. The Hall–Kier alpha value is -2.69. The first-order valence-electron chi connectivity index (χ1n) is 6.51. The van der Waals surface area contributed by atoms with E-state index in [4.69, 9.17) is 6.11 Å². The van der Waals surface area contributed by atoms with Gasteiger partial charge in [0, 0.05) is 12.1 Å². The summed E-state index contributed by atoms with van der Waals surface area (Å²) in [5, 5.41) is 28.6. The van der Waals surface area contributed by atoms with Crippen molar-refractivity contribution in [2.45, 2.75) is 12.5 Å². The average molecular weight is 273 g/mol. The van der Waals surface area contributed by atoms with Crippen molar-refractivity contribution in [3.8, 4) is 23.0 Å². The van der Waals surface area contributed by atoms with Gasteiger partial charge in [0.05, 0.1) is 7.79 Å². The zero-order valence-corrected chi connectivity index (χ0v) is 10.3. The minimum Gasteiger partial charge on any atom is -0.508 e. The summed E-state index contributed by atoms with van der Waals surface area (Å²) in [4.78, 5) is 12.2. The maximum atomic E-state index is 12.2. The van der Waals surface area contributed by atoms with Crippen molar-refractivity contribution < 1.29 is 26.2 Å². The van der Waals surface area contributed by atoms with Gasteiger partial charge in [-0.05, 0) is 17.7 Å². The monoisotopic (exact) mass is 273 g/mol. The molecule has 1 aliphatic heterocycles. The lowest BCUT2D eigenvalue weighted by Crippen LogP contribution is -2.20. The topological polar surface area (TPSA) is 87.0 Å². The van der Waals surface area contributed by atoms with Gasteiger partial charge in [0.1, 0.15) is 34.7 Å². The van der Waals surface area contributed by atoms with Gasteiger partial charge < -0.3 is 20.1 Å². The molecule has 0 aromatic heterocycles. The Kier molecular flexibility index (Phi) is 2.48. The Morgan fingerprint density at radius 3 is 2.55 bits per heavy atom. The van der Waals surface area contributed by atoms with Crippen LogP contribution in [0.4, 0.5) is 0 Å². The minimum atomic E-state index is -0.570. The van der Waals surface area contributed by atoms with E-state index in [1.165, 1.54) is 12.1 Å². The van der Waals surface area contributed by atoms with Crippen LogP contribution >= 0.6 is 0 Å². The molecule has 102 valence electrons. The van der Waals surface area contributed by atoms with Crippen molar-refractivity contribution in [2.75, 3.05) is 0 Å². The maximum absolute atomic E-state index is 12.2. The molecular weight excluding hydrogens is 260 g/mol. The van der Waals surface area contributed by atoms with Gasteiger partial charge in [-0.1, -0.05) is 12.1 Å². The molecule has 1 aliphatic rings. The Morgan fingerprint density at radius 2 is 1.85 bits per heavy atom. The smallest absolute Gasteiger partial charge is 0.174 e. The summed E-state index contributed by atoms with van der Waals surface area (Å²) in [5.74, 6) is -1.23. The van der Waals surface area contributed by atoms with Crippen LogP contribution in [0, 0.1) is 0 Å². The van der Waals surface area contributed by atoms with Crippen molar-refractivity contribution in [1.29, 1.82) is 0 Å². The lowest BCUT2D eigenvalue weighted by atomic mass is 9.95. The average Bonchev–Trinajstić information content (AvgIpc) is 2.45. The van der Waals surface area contributed by atoms with E-state index in [1.54, 1.807) is 12.1 Å². The fourth-order valence-corrected chi connectivity index (χ4v) is 2.24. The molecule has 0 fully saturated rings. The van der Waals surface area contributed by atoms with Crippen molar-refractivity contribution in [1.82, 2.24) is 0 Å². The Bertz CT molecular complexity index is 724. The molecule has 5 nitrogen and oxygen atoms in total. The maximum Gasteiger partial charge on any atom is 0.174 e. The number of phenols is 3. The molecule has 0 saturated heterocycles.